The second-order valence-corrected chi connectivity index (χ2v) is 9.45. The summed E-state index contributed by atoms with van der Waals surface area (Å²) in [5, 5.41) is 9.05. The number of hydrogen-bond acceptors (Lipinski definition) is 3. The highest BCUT2D eigenvalue weighted by molar-refractivity contribution is 5.88. The van der Waals surface area contributed by atoms with Gasteiger partial charge < -0.3 is 10.0 Å². The normalized spacial score (nSPS) is 20.1. The molecule has 0 unspecified atom stereocenters. The molecular weight excluding hydrogens is 386 g/mol. The van der Waals surface area contributed by atoms with Crippen molar-refractivity contribution < 1.29 is 18.7 Å². The van der Waals surface area contributed by atoms with E-state index in [4.69, 9.17) is 5.11 Å². The van der Waals surface area contributed by atoms with Gasteiger partial charge in [0.2, 0.25) is 6.43 Å². The Morgan fingerprint density at radius 3 is 2.37 bits per heavy atom. The van der Waals surface area contributed by atoms with Crippen LogP contribution < -0.4 is 4.90 Å². The van der Waals surface area contributed by atoms with Crippen LogP contribution in [0.3, 0.4) is 0 Å². The van der Waals surface area contributed by atoms with E-state index in [1.165, 1.54) is 11.1 Å². The van der Waals surface area contributed by atoms with Crippen molar-refractivity contribution in [2.24, 2.45) is 5.41 Å². The minimum absolute atomic E-state index is 0.000481. The third kappa shape index (κ3) is 6.27. The summed E-state index contributed by atoms with van der Waals surface area (Å²) in [6, 6.07) is 7.08. The third-order valence-electron chi connectivity index (χ3n) is 6.46. The molecule has 1 aliphatic carbocycles. The van der Waals surface area contributed by atoms with E-state index < -0.39 is 12.4 Å². The van der Waals surface area contributed by atoms with Gasteiger partial charge in [0.05, 0.1) is 5.56 Å². The van der Waals surface area contributed by atoms with Crippen molar-refractivity contribution in [3.8, 4) is 0 Å². The Bertz CT molecular complexity index is 751. The monoisotopic (exact) mass is 420 g/mol. The van der Waals surface area contributed by atoms with Crippen LogP contribution in [0.25, 0.3) is 0 Å². The lowest BCUT2D eigenvalue weighted by molar-refractivity contribution is 0.0697. The number of anilines is 1. The molecule has 6 heteroatoms. The summed E-state index contributed by atoms with van der Waals surface area (Å²) in [5.41, 5.74) is 4.55. The molecule has 0 aromatic heterocycles. The number of benzene rings is 1. The first-order valence-corrected chi connectivity index (χ1v) is 11.0. The fraction of sp³-hybridized carbons (Fsp3) is 0.625. The number of nitrogens with zero attached hydrogens (tertiary/aromatic N) is 2. The second kappa shape index (κ2) is 9.90. The first kappa shape index (κ1) is 22.7. The Kier molecular flexibility index (Phi) is 7.50. The summed E-state index contributed by atoms with van der Waals surface area (Å²) in [6.07, 6.45) is 2.43. The van der Waals surface area contributed by atoms with Gasteiger partial charge in [0, 0.05) is 44.8 Å². The smallest absolute Gasteiger partial charge is 0.335 e. The number of hydrogen-bond donors (Lipinski definition) is 1. The van der Waals surface area contributed by atoms with E-state index in [-0.39, 0.29) is 11.8 Å². The van der Waals surface area contributed by atoms with Crippen molar-refractivity contribution in [3.05, 3.63) is 41.0 Å². The first-order chi connectivity index (χ1) is 14.2. The molecule has 0 amide bonds. The molecule has 166 valence electrons. The molecule has 0 saturated carbocycles. The van der Waals surface area contributed by atoms with Gasteiger partial charge in [-0.1, -0.05) is 25.0 Å². The number of rotatable bonds is 8. The van der Waals surface area contributed by atoms with Crippen LogP contribution in [0.1, 0.15) is 62.7 Å². The molecule has 1 heterocycles. The minimum Gasteiger partial charge on any atom is -0.478 e. The maximum Gasteiger partial charge on any atom is 0.335 e. The quantitative estimate of drug-likeness (QED) is 0.568. The standard InChI is InChI=1S/C24H34F2N2O2/c1-24(2)11-10-18(4-3-5-22(25)26)20(16-24)17-27-12-14-28(15-13-27)21-8-6-19(7-9-21)23(29)30/h6-9,22H,3-5,10-17H2,1-2H3,(H,29,30). The number of carboxylic acid groups (broad SMARTS) is 1. The van der Waals surface area contributed by atoms with E-state index in [0.717, 1.165) is 64.1 Å². The summed E-state index contributed by atoms with van der Waals surface area (Å²) < 4.78 is 25.1. The lowest BCUT2D eigenvalue weighted by Crippen LogP contribution is -2.47. The van der Waals surface area contributed by atoms with Crippen LogP contribution in [-0.2, 0) is 0 Å². The summed E-state index contributed by atoms with van der Waals surface area (Å²) in [5.74, 6) is -0.903. The average Bonchev–Trinajstić information content (AvgIpc) is 2.70. The predicted molar refractivity (Wildman–Crippen MR) is 117 cm³/mol. The van der Waals surface area contributed by atoms with Gasteiger partial charge in [-0.05, 0) is 61.8 Å². The van der Waals surface area contributed by atoms with Gasteiger partial charge >= 0.3 is 5.97 Å². The Morgan fingerprint density at radius 2 is 1.77 bits per heavy atom. The molecule has 1 aromatic rings. The van der Waals surface area contributed by atoms with E-state index in [1.807, 2.05) is 12.1 Å². The van der Waals surface area contributed by atoms with Gasteiger partial charge in [0.15, 0.2) is 0 Å². The topological polar surface area (TPSA) is 43.8 Å². The van der Waals surface area contributed by atoms with Crippen LogP contribution in [0.4, 0.5) is 14.5 Å². The summed E-state index contributed by atoms with van der Waals surface area (Å²) in [4.78, 5) is 15.8. The Hall–Kier alpha value is -1.95. The van der Waals surface area contributed by atoms with Crippen LogP contribution in [0, 0.1) is 5.41 Å². The number of aromatic carboxylic acids is 1. The Morgan fingerprint density at radius 1 is 1.10 bits per heavy atom. The SMILES string of the molecule is CC1(C)CCC(CCCC(F)F)=C(CN2CCN(c3ccc(C(=O)O)cc3)CC2)C1. The minimum atomic E-state index is -2.20. The average molecular weight is 421 g/mol. The molecule has 3 rings (SSSR count). The molecule has 4 nitrogen and oxygen atoms in total. The van der Waals surface area contributed by atoms with E-state index in [0.29, 0.717) is 12.0 Å². The predicted octanol–water partition coefficient (Wildman–Crippen LogP) is 5.45. The molecule has 30 heavy (non-hydrogen) atoms. The molecule has 1 saturated heterocycles. The zero-order valence-electron chi connectivity index (χ0n) is 18.2. The number of piperazine rings is 1. The zero-order chi connectivity index (χ0) is 21.7. The molecule has 1 N–H and O–H groups in total. The number of halogens is 2. The van der Waals surface area contributed by atoms with Crippen LogP contribution in [0.2, 0.25) is 0 Å². The van der Waals surface area contributed by atoms with Crippen LogP contribution in [-0.4, -0.2) is 55.1 Å². The molecule has 2 aliphatic rings. The Balaban J connectivity index is 1.58. The van der Waals surface area contributed by atoms with Crippen LogP contribution in [0.15, 0.2) is 35.4 Å². The lowest BCUT2D eigenvalue weighted by atomic mass is 9.73. The van der Waals surface area contributed by atoms with Crippen molar-refractivity contribution in [1.82, 2.24) is 4.90 Å². The van der Waals surface area contributed by atoms with E-state index in [9.17, 15) is 13.6 Å². The number of alkyl halides is 2. The van der Waals surface area contributed by atoms with Gasteiger partial charge in [-0.15, -0.1) is 0 Å². The van der Waals surface area contributed by atoms with Gasteiger partial charge in [0.1, 0.15) is 0 Å². The highest BCUT2D eigenvalue weighted by Gasteiger charge is 2.28. The molecule has 0 spiro atoms. The second-order valence-electron chi connectivity index (χ2n) is 9.45. The van der Waals surface area contributed by atoms with Crippen molar-refractivity contribution in [2.75, 3.05) is 37.6 Å². The number of allylic oxidation sites excluding steroid dienone is 1. The summed E-state index contributed by atoms with van der Waals surface area (Å²) in [7, 11) is 0. The molecule has 0 atom stereocenters. The summed E-state index contributed by atoms with van der Waals surface area (Å²) in [6.45, 7) is 9.28. The van der Waals surface area contributed by atoms with Gasteiger partial charge in [-0.25, -0.2) is 13.6 Å². The van der Waals surface area contributed by atoms with Crippen LogP contribution >= 0.6 is 0 Å². The highest BCUT2D eigenvalue weighted by atomic mass is 19.3. The van der Waals surface area contributed by atoms with Crippen molar-refractivity contribution in [1.29, 1.82) is 0 Å². The fourth-order valence-electron chi connectivity index (χ4n) is 4.65. The maximum absolute atomic E-state index is 12.6. The molecule has 1 aliphatic heterocycles. The number of carbonyl (C=O) groups is 1. The largest absolute Gasteiger partial charge is 0.478 e. The molecule has 0 radical (unpaired) electrons. The number of carboxylic acids is 1. The van der Waals surface area contributed by atoms with Gasteiger partial charge in [0.25, 0.3) is 0 Å². The van der Waals surface area contributed by atoms with Gasteiger partial charge in [-0.2, -0.15) is 0 Å². The maximum atomic E-state index is 12.6. The highest BCUT2D eigenvalue weighted by Crippen LogP contribution is 2.40. The van der Waals surface area contributed by atoms with Crippen LogP contribution in [0.5, 0.6) is 0 Å². The lowest BCUT2D eigenvalue weighted by Gasteiger charge is -2.39. The van der Waals surface area contributed by atoms with Crippen molar-refractivity contribution >= 4 is 11.7 Å². The van der Waals surface area contributed by atoms with E-state index >= 15 is 0 Å². The van der Waals surface area contributed by atoms with E-state index in [1.54, 1.807) is 12.1 Å². The van der Waals surface area contributed by atoms with E-state index in [2.05, 4.69) is 23.6 Å². The third-order valence-corrected chi connectivity index (χ3v) is 6.46. The Labute approximate surface area is 178 Å². The molecule has 0 bridgehead atoms. The zero-order valence-corrected chi connectivity index (χ0v) is 18.2. The first-order valence-electron chi connectivity index (χ1n) is 11.0. The summed E-state index contributed by atoms with van der Waals surface area (Å²) >= 11 is 0. The van der Waals surface area contributed by atoms with Crippen molar-refractivity contribution in [2.45, 2.75) is 58.8 Å². The molecule has 1 fully saturated rings. The molecular formula is C24H34F2N2O2. The molecule has 1 aromatic carbocycles. The van der Waals surface area contributed by atoms with Gasteiger partial charge in [-0.3, -0.25) is 4.90 Å². The van der Waals surface area contributed by atoms with Crippen molar-refractivity contribution in [3.63, 3.8) is 0 Å². The fourth-order valence-corrected chi connectivity index (χ4v) is 4.65.